The smallest absolute Gasteiger partial charge is 0.254 e. The van der Waals surface area contributed by atoms with Gasteiger partial charge in [-0.2, -0.15) is 0 Å². The first-order chi connectivity index (χ1) is 12.5. The van der Waals surface area contributed by atoms with Crippen LogP contribution in [0.25, 0.3) is 0 Å². The molecule has 0 radical (unpaired) electrons. The minimum atomic E-state index is -0.540. The Labute approximate surface area is 158 Å². The Morgan fingerprint density at radius 3 is 2.58 bits per heavy atom. The lowest BCUT2D eigenvalue weighted by Crippen LogP contribution is -2.57. The van der Waals surface area contributed by atoms with Gasteiger partial charge in [-0.3, -0.25) is 9.59 Å². The van der Waals surface area contributed by atoms with Crippen molar-refractivity contribution >= 4 is 29.1 Å². The molecule has 0 spiro atoms. The summed E-state index contributed by atoms with van der Waals surface area (Å²) in [6.45, 7) is 5.19. The predicted molar refractivity (Wildman–Crippen MR) is 102 cm³/mol. The van der Waals surface area contributed by atoms with Crippen molar-refractivity contribution in [3.63, 3.8) is 0 Å². The van der Waals surface area contributed by atoms with Gasteiger partial charge in [0, 0.05) is 29.4 Å². The van der Waals surface area contributed by atoms with Gasteiger partial charge < -0.3 is 14.5 Å². The van der Waals surface area contributed by atoms with Crippen molar-refractivity contribution in [2.45, 2.75) is 19.9 Å². The molecule has 0 aliphatic carbocycles. The standard InChI is InChI=1S/C20H21ClN2O3/c1-3-26-18-9-7-17(8-10-18)23-12-11-22(14(2)19(23)24)20(25)15-5-4-6-16(21)13-15/h4-10,13-14H,3,11-12H2,1-2H3/t14-/m1/s1. The van der Waals surface area contributed by atoms with Gasteiger partial charge in [0.15, 0.2) is 0 Å². The minimum Gasteiger partial charge on any atom is -0.494 e. The number of nitrogens with zero attached hydrogens (tertiary/aromatic N) is 2. The van der Waals surface area contributed by atoms with Crippen LogP contribution in [-0.4, -0.2) is 42.5 Å². The van der Waals surface area contributed by atoms with Crippen LogP contribution in [-0.2, 0) is 4.79 Å². The fraction of sp³-hybridized carbons (Fsp3) is 0.300. The zero-order valence-electron chi connectivity index (χ0n) is 14.8. The molecule has 26 heavy (non-hydrogen) atoms. The highest BCUT2D eigenvalue weighted by molar-refractivity contribution is 6.31. The normalized spacial score (nSPS) is 17.3. The van der Waals surface area contributed by atoms with E-state index < -0.39 is 6.04 Å². The maximum atomic E-state index is 12.8. The summed E-state index contributed by atoms with van der Waals surface area (Å²) in [5, 5.41) is 0.503. The molecule has 0 saturated carbocycles. The first-order valence-electron chi connectivity index (χ1n) is 8.62. The topological polar surface area (TPSA) is 49.9 Å². The Hall–Kier alpha value is -2.53. The molecule has 5 nitrogen and oxygen atoms in total. The molecule has 2 amide bonds. The number of halogens is 1. The van der Waals surface area contributed by atoms with Crippen LogP contribution in [0.5, 0.6) is 5.75 Å². The number of benzene rings is 2. The van der Waals surface area contributed by atoms with Gasteiger partial charge in [0.2, 0.25) is 5.91 Å². The van der Waals surface area contributed by atoms with Crippen LogP contribution >= 0.6 is 11.6 Å². The number of piperazine rings is 1. The van der Waals surface area contributed by atoms with Crippen molar-refractivity contribution in [2.24, 2.45) is 0 Å². The third-order valence-corrected chi connectivity index (χ3v) is 4.68. The number of carbonyl (C=O) groups excluding carboxylic acids is 2. The fourth-order valence-corrected chi connectivity index (χ4v) is 3.27. The molecule has 0 unspecified atom stereocenters. The average molecular weight is 373 g/mol. The van der Waals surface area contributed by atoms with E-state index in [0.29, 0.717) is 30.3 Å². The van der Waals surface area contributed by atoms with Crippen LogP contribution in [0.15, 0.2) is 48.5 Å². The van der Waals surface area contributed by atoms with Gasteiger partial charge in [-0.05, 0) is 56.3 Å². The lowest BCUT2D eigenvalue weighted by Gasteiger charge is -2.39. The van der Waals surface area contributed by atoms with Crippen LogP contribution in [0.4, 0.5) is 5.69 Å². The lowest BCUT2D eigenvalue weighted by molar-refractivity contribution is -0.124. The number of anilines is 1. The maximum absolute atomic E-state index is 12.8. The second-order valence-corrected chi connectivity index (χ2v) is 6.54. The third kappa shape index (κ3) is 3.68. The van der Waals surface area contributed by atoms with Gasteiger partial charge >= 0.3 is 0 Å². The summed E-state index contributed by atoms with van der Waals surface area (Å²) in [5.74, 6) is 0.488. The van der Waals surface area contributed by atoms with Crippen molar-refractivity contribution in [1.29, 1.82) is 0 Å². The molecule has 1 heterocycles. The zero-order valence-corrected chi connectivity index (χ0v) is 15.6. The lowest BCUT2D eigenvalue weighted by atomic mass is 10.1. The molecule has 1 aliphatic rings. The number of rotatable bonds is 4. The van der Waals surface area contributed by atoms with Crippen molar-refractivity contribution < 1.29 is 14.3 Å². The molecule has 2 aromatic carbocycles. The van der Waals surface area contributed by atoms with Crippen LogP contribution in [0.2, 0.25) is 5.02 Å². The Bertz CT molecular complexity index is 807. The van der Waals surface area contributed by atoms with Crippen LogP contribution < -0.4 is 9.64 Å². The molecule has 1 aliphatic heterocycles. The largest absolute Gasteiger partial charge is 0.494 e. The van der Waals surface area contributed by atoms with E-state index >= 15 is 0 Å². The minimum absolute atomic E-state index is 0.101. The van der Waals surface area contributed by atoms with Crippen molar-refractivity contribution in [3.8, 4) is 5.75 Å². The molecule has 0 aromatic heterocycles. The molecule has 0 N–H and O–H groups in total. The summed E-state index contributed by atoms with van der Waals surface area (Å²) in [4.78, 5) is 28.9. The number of carbonyl (C=O) groups is 2. The fourth-order valence-electron chi connectivity index (χ4n) is 3.08. The van der Waals surface area contributed by atoms with Gasteiger partial charge in [0.25, 0.3) is 5.91 Å². The average Bonchev–Trinajstić information content (AvgIpc) is 2.64. The van der Waals surface area contributed by atoms with Gasteiger partial charge in [0.1, 0.15) is 11.8 Å². The molecule has 0 bridgehead atoms. The first-order valence-corrected chi connectivity index (χ1v) is 9.00. The highest BCUT2D eigenvalue weighted by Gasteiger charge is 2.35. The molecule has 1 saturated heterocycles. The van der Waals surface area contributed by atoms with E-state index in [-0.39, 0.29) is 11.8 Å². The van der Waals surface area contributed by atoms with E-state index in [9.17, 15) is 9.59 Å². The Morgan fingerprint density at radius 1 is 1.19 bits per heavy atom. The third-order valence-electron chi connectivity index (χ3n) is 4.45. The quantitative estimate of drug-likeness (QED) is 0.823. The SMILES string of the molecule is CCOc1ccc(N2CCN(C(=O)c3cccc(Cl)c3)[C@H](C)C2=O)cc1. The first kappa shape index (κ1) is 18.3. The molecular weight excluding hydrogens is 352 g/mol. The summed E-state index contributed by atoms with van der Waals surface area (Å²) >= 11 is 5.98. The maximum Gasteiger partial charge on any atom is 0.254 e. The van der Waals surface area contributed by atoms with E-state index in [0.717, 1.165) is 11.4 Å². The second-order valence-electron chi connectivity index (χ2n) is 6.10. The van der Waals surface area contributed by atoms with Gasteiger partial charge in [-0.15, -0.1) is 0 Å². The van der Waals surface area contributed by atoms with E-state index in [4.69, 9.17) is 16.3 Å². The molecule has 136 valence electrons. The molecule has 6 heteroatoms. The Kier molecular flexibility index (Phi) is 5.47. The number of hydrogen-bond donors (Lipinski definition) is 0. The van der Waals surface area contributed by atoms with Crippen LogP contribution in [0, 0.1) is 0 Å². The summed E-state index contributed by atoms with van der Waals surface area (Å²) in [6, 6.07) is 13.7. The highest BCUT2D eigenvalue weighted by Crippen LogP contribution is 2.24. The number of ether oxygens (including phenoxy) is 1. The molecular formula is C20H21ClN2O3. The van der Waals surface area contributed by atoms with Crippen LogP contribution in [0.3, 0.4) is 0 Å². The molecule has 1 atom stereocenters. The highest BCUT2D eigenvalue weighted by atomic mass is 35.5. The number of amides is 2. The van der Waals surface area contributed by atoms with Gasteiger partial charge in [0.05, 0.1) is 6.61 Å². The monoisotopic (exact) mass is 372 g/mol. The van der Waals surface area contributed by atoms with Crippen molar-refractivity contribution in [1.82, 2.24) is 4.90 Å². The predicted octanol–water partition coefficient (Wildman–Crippen LogP) is 3.62. The zero-order chi connectivity index (χ0) is 18.7. The summed E-state index contributed by atoms with van der Waals surface area (Å²) in [5.41, 5.74) is 1.30. The van der Waals surface area contributed by atoms with E-state index in [1.54, 1.807) is 41.0 Å². The second kappa shape index (κ2) is 7.79. The van der Waals surface area contributed by atoms with Gasteiger partial charge in [-0.1, -0.05) is 17.7 Å². The molecule has 2 aromatic rings. The number of hydrogen-bond acceptors (Lipinski definition) is 3. The summed E-state index contributed by atoms with van der Waals surface area (Å²) in [6.07, 6.45) is 0. The van der Waals surface area contributed by atoms with Gasteiger partial charge in [-0.25, -0.2) is 0 Å². The van der Waals surface area contributed by atoms with Crippen molar-refractivity contribution in [2.75, 3.05) is 24.6 Å². The molecule has 1 fully saturated rings. The Morgan fingerprint density at radius 2 is 1.92 bits per heavy atom. The van der Waals surface area contributed by atoms with Crippen molar-refractivity contribution in [3.05, 3.63) is 59.1 Å². The van der Waals surface area contributed by atoms with Crippen LogP contribution in [0.1, 0.15) is 24.2 Å². The summed E-state index contributed by atoms with van der Waals surface area (Å²) < 4.78 is 5.44. The van der Waals surface area contributed by atoms with E-state index in [1.165, 1.54) is 0 Å². The van der Waals surface area contributed by atoms with E-state index in [1.807, 2.05) is 31.2 Å². The summed E-state index contributed by atoms with van der Waals surface area (Å²) in [7, 11) is 0. The Balaban J connectivity index is 1.75. The van der Waals surface area contributed by atoms with E-state index in [2.05, 4.69) is 0 Å². The molecule has 3 rings (SSSR count).